The van der Waals surface area contributed by atoms with Crippen LogP contribution in [0.1, 0.15) is 5.56 Å². The maximum Gasteiger partial charge on any atom is 0.0154 e. The van der Waals surface area contributed by atoms with E-state index in [-0.39, 0.29) is 0 Å². The third-order valence-corrected chi connectivity index (χ3v) is 1.43. The molecule has 0 saturated carbocycles. The van der Waals surface area contributed by atoms with Crippen molar-refractivity contribution in [2.45, 2.75) is 6.92 Å². The quantitative estimate of drug-likeness (QED) is 0.628. The molecule has 72 valence electrons. The molecule has 0 bridgehead atoms. The van der Waals surface area contributed by atoms with Crippen molar-refractivity contribution in [1.82, 2.24) is 4.90 Å². The molecule has 0 radical (unpaired) electrons. The molecule has 0 spiro atoms. The zero-order chi connectivity index (χ0) is 10.1. The predicted molar refractivity (Wildman–Crippen MR) is 59.9 cm³/mol. The van der Waals surface area contributed by atoms with Crippen LogP contribution in [-0.2, 0) is 0 Å². The Bertz CT molecular complexity index is 214. The van der Waals surface area contributed by atoms with Crippen LogP contribution >= 0.6 is 0 Å². The molecular formula is C12H19N. The lowest BCUT2D eigenvalue weighted by atomic mass is 10.2. The van der Waals surface area contributed by atoms with E-state index in [9.17, 15) is 0 Å². The molecule has 0 aliphatic carbocycles. The summed E-state index contributed by atoms with van der Waals surface area (Å²) in [6.45, 7) is 6.61. The van der Waals surface area contributed by atoms with Gasteiger partial charge in [-0.15, -0.1) is 6.58 Å². The summed E-state index contributed by atoms with van der Waals surface area (Å²) in [7, 11) is 4.03. The molecule has 13 heavy (non-hydrogen) atoms. The average Bonchev–Trinajstić information content (AvgIpc) is 2.06. The predicted octanol–water partition coefficient (Wildman–Crippen LogP) is 2.73. The van der Waals surface area contributed by atoms with Gasteiger partial charge in [-0.2, -0.15) is 0 Å². The Morgan fingerprint density at radius 3 is 1.92 bits per heavy atom. The Morgan fingerprint density at radius 2 is 1.77 bits per heavy atom. The molecule has 1 nitrogen and oxygen atoms in total. The normalized spacial score (nSPS) is 8.92. The maximum atomic E-state index is 3.56. The molecule has 0 fully saturated rings. The summed E-state index contributed by atoms with van der Waals surface area (Å²) in [5, 5.41) is 0. The zero-order valence-electron chi connectivity index (χ0n) is 8.83. The van der Waals surface area contributed by atoms with E-state index in [0.29, 0.717) is 0 Å². The largest absolute Gasteiger partial charge is 0.306 e. The molecule has 1 rings (SSSR count). The Balaban J connectivity index is 0.000000226. The Morgan fingerprint density at radius 1 is 1.23 bits per heavy atom. The number of aryl methyl sites for hydroxylation is 1. The van der Waals surface area contributed by atoms with Gasteiger partial charge in [-0.05, 0) is 21.0 Å². The van der Waals surface area contributed by atoms with Crippen LogP contribution in [0.3, 0.4) is 0 Å². The second kappa shape index (κ2) is 7.56. The highest BCUT2D eigenvalue weighted by atomic mass is 15.0. The molecule has 0 saturated heterocycles. The van der Waals surface area contributed by atoms with Crippen molar-refractivity contribution >= 4 is 0 Å². The van der Waals surface area contributed by atoms with Gasteiger partial charge in [-0.1, -0.05) is 42.0 Å². The number of benzene rings is 1. The standard InChI is InChI=1S/C7H8.C5H11N/c1-7-5-3-2-4-6-7;1-4-5-6(2)3/h2-6H,1H3;4H,1,5H2,2-3H3. The van der Waals surface area contributed by atoms with Crippen LogP contribution in [0.25, 0.3) is 0 Å². The molecule has 0 amide bonds. The van der Waals surface area contributed by atoms with Gasteiger partial charge in [0.25, 0.3) is 0 Å². The van der Waals surface area contributed by atoms with E-state index in [1.54, 1.807) is 0 Å². The summed E-state index contributed by atoms with van der Waals surface area (Å²) in [4.78, 5) is 2.06. The smallest absolute Gasteiger partial charge is 0.0154 e. The number of hydrogen-bond acceptors (Lipinski definition) is 1. The highest BCUT2D eigenvalue weighted by molar-refractivity contribution is 5.11. The molecule has 0 atom stereocenters. The van der Waals surface area contributed by atoms with Crippen molar-refractivity contribution < 1.29 is 0 Å². The zero-order valence-corrected chi connectivity index (χ0v) is 8.83. The summed E-state index contributed by atoms with van der Waals surface area (Å²) in [6.07, 6.45) is 1.88. The van der Waals surface area contributed by atoms with Crippen molar-refractivity contribution in [1.29, 1.82) is 0 Å². The molecule has 0 aromatic heterocycles. The van der Waals surface area contributed by atoms with E-state index in [1.165, 1.54) is 5.56 Å². The van der Waals surface area contributed by atoms with Crippen LogP contribution in [0.5, 0.6) is 0 Å². The summed E-state index contributed by atoms with van der Waals surface area (Å²) < 4.78 is 0. The molecule has 0 unspecified atom stereocenters. The van der Waals surface area contributed by atoms with E-state index in [1.807, 2.05) is 38.4 Å². The first-order valence-electron chi connectivity index (χ1n) is 4.44. The molecule has 0 aliphatic heterocycles. The van der Waals surface area contributed by atoms with Gasteiger partial charge < -0.3 is 4.90 Å². The van der Waals surface area contributed by atoms with Gasteiger partial charge in [0.1, 0.15) is 0 Å². The van der Waals surface area contributed by atoms with E-state index >= 15 is 0 Å². The van der Waals surface area contributed by atoms with Crippen LogP contribution in [-0.4, -0.2) is 25.5 Å². The monoisotopic (exact) mass is 177 g/mol. The molecule has 0 aliphatic rings. The minimum Gasteiger partial charge on any atom is -0.306 e. The van der Waals surface area contributed by atoms with Crippen molar-refractivity contribution in [3.8, 4) is 0 Å². The van der Waals surface area contributed by atoms with Crippen LogP contribution in [0.4, 0.5) is 0 Å². The molecule has 0 N–H and O–H groups in total. The molecule has 1 aromatic rings. The van der Waals surface area contributed by atoms with E-state index in [0.717, 1.165) is 6.54 Å². The Hall–Kier alpha value is -1.08. The average molecular weight is 177 g/mol. The fraction of sp³-hybridized carbons (Fsp3) is 0.333. The highest BCUT2D eigenvalue weighted by Crippen LogP contribution is 1.92. The maximum absolute atomic E-state index is 3.56. The first-order chi connectivity index (χ1) is 6.16. The molecular weight excluding hydrogens is 158 g/mol. The van der Waals surface area contributed by atoms with E-state index < -0.39 is 0 Å². The van der Waals surface area contributed by atoms with Crippen LogP contribution < -0.4 is 0 Å². The highest BCUT2D eigenvalue weighted by Gasteiger charge is 1.75. The molecule has 1 aromatic carbocycles. The first kappa shape index (κ1) is 11.9. The number of rotatable bonds is 2. The Labute approximate surface area is 81.7 Å². The second-order valence-corrected chi connectivity index (χ2v) is 3.21. The molecule has 0 heterocycles. The number of nitrogens with zero attached hydrogens (tertiary/aromatic N) is 1. The van der Waals surface area contributed by atoms with Crippen molar-refractivity contribution in [3.05, 3.63) is 48.6 Å². The lowest BCUT2D eigenvalue weighted by Crippen LogP contribution is -2.09. The topological polar surface area (TPSA) is 3.24 Å². The summed E-state index contributed by atoms with van der Waals surface area (Å²) in [5.74, 6) is 0. The van der Waals surface area contributed by atoms with Gasteiger partial charge in [0.05, 0.1) is 0 Å². The minimum atomic E-state index is 0.972. The Kier molecular flexibility index (Phi) is 6.93. The van der Waals surface area contributed by atoms with Gasteiger partial charge in [0.2, 0.25) is 0 Å². The van der Waals surface area contributed by atoms with E-state index in [2.05, 4.69) is 30.5 Å². The van der Waals surface area contributed by atoms with Gasteiger partial charge in [-0.3, -0.25) is 0 Å². The fourth-order valence-corrected chi connectivity index (χ4v) is 0.793. The van der Waals surface area contributed by atoms with Gasteiger partial charge >= 0.3 is 0 Å². The van der Waals surface area contributed by atoms with Crippen molar-refractivity contribution in [2.75, 3.05) is 20.6 Å². The summed E-state index contributed by atoms with van der Waals surface area (Å²) in [6, 6.07) is 10.3. The van der Waals surface area contributed by atoms with Crippen molar-refractivity contribution in [3.63, 3.8) is 0 Å². The van der Waals surface area contributed by atoms with Crippen molar-refractivity contribution in [2.24, 2.45) is 0 Å². The first-order valence-corrected chi connectivity index (χ1v) is 4.44. The SMILES string of the molecule is C=CCN(C)C.Cc1ccccc1. The van der Waals surface area contributed by atoms with Crippen LogP contribution in [0.2, 0.25) is 0 Å². The van der Waals surface area contributed by atoms with Gasteiger partial charge in [-0.25, -0.2) is 0 Å². The third-order valence-electron chi connectivity index (χ3n) is 1.43. The molecule has 1 heteroatoms. The van der Waals surface area contributed by atoms with Gasteiger partial charge in [0.15, 0.2) is 0 Å². The number of hydrogen-bond donors (Lipinski definition) is 0. The minimum absolute atomic E-state index is 0.972. The fourth-order valence-electron chi connectivity index (χ4n) is 0.793. The van der Waals surface area contributed by atoms with Crippen LogP contribution in [0, 0.1) is 6.92 Å². The van der Waals surface area contributed by atoms with Crippen LogP contribution in [0.15, 0.2) is 43.0 Å². The third kappa shape index (κ3) is 8.83. The van der Waals surface area contributed by atoms with E-state index in [4.69, 9.17) is 0 Å². The van der Waals surface area contributed by atoms with Gasteiger partial charge in [0, 0.05) is 6.54 Å². The lowest BCUT2D eigenvalue weighted by molar-refractivity contribution is 0.457. The summed E-state index contributed by atoms with van der Waals surface area (Å²) in [5.41, 5.74) is 1.32. The number of likely N-dealkylation sites (N-methyl/N-ethyl adjacent to an activating group) is 1. The lowest BCUT2D eigenvalue weighted by Gasteiger charge is -2.01. The second-order valence-electron chi connectivity index (χ2n) is 3.21. The summed E-state index contributed by atoms with van der Waals surface area (Å²) >= 11 is 0.